The number of Topliss-reactive ketones (excluding diaryl/α,β-unsaturated/α-hetero) is 1. The van der Waals surface area contributed by atoms with Gasteiger partial charge < -0.3 is 4.74 Å². The van der Waals surface area contributed by atoms with Crippen LogP contribution in [-0.2, 0) is 0 Å². The van der Waals surface area contributed by atoms with Crippen molar-refractivity contribution in [3.05, 3.63) is 36.3 Å². The molecule has 0 saturated heterocycles. The van der Waals surface area contributed by atoms with E-state index >= 15 is 0 Å². The molecule has 0 radical (unpaired) electrons. The number of carbonyl (C=O) groups is 1. The summed E-state index contributed by atoms with van der Waals surface area (Å²) in [4.78, 5) is 15.3. The van der Waals surface area contributed by atoms with Crippen molar-refractivity contribution in [2.24, 2.45) is 0 Å². The molecule has 2 aromatic rings. The molecule has 0 saturated carbocycles. The van der Waals surface area contributed by atoms with Crippen molar-refractivity contribution in [3.8, 4) is 17.0 Å². The van der Waals surface area contributed by atoms with Crippen molar-refractivity contribution in [3.63, 3.8) is 0 Å². The Kier molecular flexibility index (Phi) is 3.09. The highest BCUT2D eigenvalue weighted by atomic mass is 16.5. The van der Waals surface area contributed by atoms with Gasteiger partial charge in [0, 0.05) is 12.5 Å². The van der Waals surface area contributed by atoms with Crippen LogP contribution in [0.5, 0.6) is 5.75 Å². The number of hydrogen-bond donors (Lipinski definition) is 0. The van der Waals surface area contributed by atoms with Crippen LogP contribution in [0.3, 0.4) is 0 Å². The summed E-state index contributed by atoms with van der Waals surface area (Å²) in [6.07, 6.45) is 1.52. The Morgan fingerprint density at radius 2 is 1.94 bits per heavy atom. The number of carbonyl (C=O) groups excluding carboxylic acids is 1. The van der Waals surface area contributed by atoms with E-state index in [2.05, 4.69) is 15.2 Å². The molecule has 1 aromatic heterocycles. The highest BCUT2D eigenvalue weighted by Crippen LogP contribution is 2.19. The zero-order valence-corrected chi connectivity index (χ0v) is 9.54. The summed E-state index contributed by atoms with van der Waals surface area (Å²) in [5.41, 5.74) is 1.48. The summed E-state index contributed by atoms with van der Waals surface area (Å²) in [5, 5.41) is 7.42. The Balaban J connectivity index is 2.38. The number of methoxy groups -OCH3 is 1. The fourth-order valence-corrected chi connectivity index (χ4v) is 1.35. The summed E-state index contributed by atoms with van der Waals surface area (Å²) in [7, 11) is 1.61. The van der Waals surface area contributed by atoms with Gasteiger partial charge in [-0.25, -0.2) is 4.98 Å². The molecule has 5 nitrogen and oxygen atoms in total. The Labute approximate surface area is 98.5 Å². The Morgan fingerprint density at radius 3 is 2.53 bits per heavy atom. The maximum atomic E-state index is 11.1. The van der Waals surface area contributed by atoms with E-state index in [1.165, 1.54) is 13.1 Å². The van der Waals surface area contributed by atoms with Gasteiger partial charge in [0.25, 0.3) is 0 Å². The summed E-state index contributed by atoms with van der Waals surface area (Å²) in [6, 6.07) is 7.36. The van der Waals surface area contributed by atoms with Crippen molar-refractivity contribution in [1.29, 1.82) is 0 Å². The molecule has 0 aliphatic rings. The molecule has 0 bridgehead atoms. The summed E-state index contributed by atoms with van der Waals surface area (Å²) in [6.45, 7) is 1.41. The van der Waals surface area contributed by atoms with Gasteiger partial charge in [-0.3, -0.25) is 4.79 Å². The predicted molar refractivity (Wildman–Crippen MR) is 61.8 cm³/mol. The molecule has 17 heavy (non-hydrogen) atoms. The first-order chi connectivity index (χ1) is 8.20. The van der Waals surface area contributed by atoms with Gasteiger partial charge in [0.2, 0.25) is 5.82 Å². The topological polar surface area (TPSA) is 65.0 Å². The van der Waals surface area contributed by atoms with E-state index in [0.29, 0.717) is 5.69 Å². The van der Waals surface area contributed by atoms with E-state index in [-0.39, 0.29) is 11.6 Å². The van der Waals surface area contributed by atoms with Crippen molar-refractivity contribution < 1.29 is 9.53 Å². The molecule has 0 spiro atoms. The van der Waals surface area contributed by atoms with Crippen LogP contribution < -0.4 is 4.74 Å². The molecule has 86 valence electrons. The van der Waals surface area contributed by atoms with Gasteiger partial charge in [-0.15, -0.1) is 5.10 Å². The second kappa shape index (κ2) is 4.69. The molecule has 0 unspecified atom stereocenters. The minimum atomic E-state index is -0.201. The minimum absolute atomic E-state index is 0.123. The van der Waals surface area contributed by atoms with Gasteiger partial charge in [-0.05, 0) is 24.3 Å². The number of ether oxygens (including phenoxy) is 1. The SMILES string of the molecule is COc1ccc(-c2cnnc(C(C)=O)n2)cc1. The number of benzene rings is 1. The maximum absolute atomic E-state index is 11.1. The molecule has 1 aromatic carbocycles. The first kappa shape index (κ1) is 11.2. The van der Waals surface area contributed by atoms with Gasteiger partial charge in [0.05, 0.1) is 19.0 Å². The highest BCUT2D eigenvalue weighted by molar-refractivity contribution is 5.90. The van der Waals surface area contributed by atoms with Gasteiger partial charge in [-0.1, -0.05) is 0 Å². The van der Waals surface area contributed by atoms with Gasteiger partial charge in [0.1, 0.15) is 5.75 Å². The van der Waals surface area contributed by atoms with Crippen LogP contribution in [0.1, 0.15) is 17.5 Å². The molecular weight excluding hydrogens is 218 g/mol. The zero-order chi connectivity index (χ0) is 12.3. The lowest BCUT2D eigenvalue weighted by molar-refractivity contribution is 0.100. The summed E-state index contributed by atoms with van der Waals surface area (Å²) < 4.78 is 5.06. The zero-order valence-electron chi connectivity index (χ0n) is 9.54. The smallest absolute Gasteiger partial charge is 0.218 e. The van der Waals surface area contributed by atoms with Crippen LogP contribution in [0.2, 0.25) is 0 Å². The Bertz CT molecular complexity index is 538. The summed E-state index contributed by atoms with van der Waals surface area (Å²) in [5.74, 6) is 0.689. The number of ketones is 1. The van der Waals surface area contributed by atoms with Crippen LogP contribution in [0, 0.1) is 0 Å². The van der Waals surface area contributed by atoms with Gasteiger partial charge >= 0.3 is 0 Å². The van der Waals surface area contributed by atoms with Crippen molar-refractivity contribution in [1.82, 2.24) is 15.2 Å². The van der Waals surface area contributed by atoms with Crippen LogP contribution in [0.15, 0.2) is 30.5 Å². The average Bonchev–Trinajstić information content (AvgIpc) is 2.39. The molecule has 0 atom stereocenters. The number of hydrogen-bond acceptors (Lipinski definition) is 5. The lowest BCUT2D eigenvalue weighted by atomic mass is 10.1. The van der Waals surface area contributed by atoms with E-state index in [1.54, 1.807) is 7.11 Å². The second-order valence-corrected chi connectivity index (χ2v) is 3.45. The molecule has 0 amide bonds. The van der Waals surface area contributed by atoms with E-state index in [4.69, 9.17) is 4.74 Å². The highest BCUT2D eigenvalue weighted by Gasteiger charge is 2.06. The predicted octanol–water partition coefficient (Wildman–Crippen LogP) is 1.75. The molecule has 0 aliphatic heterocycles. The fourth-order valence-electron chi connectivity index (χ4n) is 1.35. The van der Waals surface area contributed by atoms with Crippen LogP contribution in [-0.4, -0.2) is 28.1 Å². The standard InChI is InChI=1S/C12H11N3O2/c1-8(16)12-14-11(7-13-15-12)9-3-5-10(17-2)6-4-9/h3-7H,1-2H3. The van der Waals surface area contributed by atoms with Crippen molar-refractivity contribution >= 4 is 5.78 Å². The molecule has 0 N–H and O–H groups in total. The summed E-state index contributed by atoms with van der Waals surface area (Å²) >= 11 is 0. The third kappa shape index (κ3) is 2.44. The van der Waals surface area contributed by atoms with Crippen LogP contribution >= 0.6 is 0 Å². The normalized spacial score (nSPS) is 10.0. The number of nitrogens with zero attached hydrogens (tertiary/aromatic N) is 3. The van der Waals surface area contributed by atoms with E-state index in [0.717, 1.165) is 11.3 Å². The lowest BCUT2D eigenvalue weighted by Gasteiger charge is -2.03. The number of rotatable bonds is 3. The second-order valence-electron chi connectivity index (χ2n) is 3.45. The monoisotopic (exact) mass is 229 g/mol. The van der Waals surface area contributed by atoms with Crippen LogP contribution in [0.4, 0.5) is 0 Å². The van der Waals surface area contributed by atoms with Crippen LogP contribution in [0.25, 0.3) is 11.3 Å². The van der Waals surface area contributed by atoms with Gasteiger partial charge in [0.15, 0.2) is 5.78 Å². The van der Waals surface area contributed by atoms with E-state index in [9.17, 15) is 4.79 Å². The van der Waals surface area contributed by atoms with Gasteiger partial charge in [-0.2, -0.15) is 5.10 Å². The molecule has 0 aliphatic carbocycles. The Morgan fingerprint density at radius 1 is 1.24 bits per heavy atom. The molecule has 1 heterocycles. The largest absolute Gasteiger partial charge is 0.497 e. The molecule has 2 rings (SSSR count). The third-order valence-electron chi connectivity index (χ3n) is 2.26. The average molecular weight is 229 g/mol. The van der Waals surface area contributed by atoms with E-state index < -0.39 is 0 Å². The molecule has 0 fully saturated rings. The molecular formula is C12H11N3O2. The third-order valence-corrected chi connectivity index (χ3v) is 2.26. The Hall–Kier alpha value is -2.30. The fraction of sp³-hybridized carbons (Fsp3) is 0.167. The quantitative estimate of drug-likeness (QED) is 0.750. The minimum Gasteiger partial charge on any atom is -0.497 e. The first-order valence-corrected chi connectivity index (χ1v) is 5.06. The number of aromatic nitrogens is 3. The van der Waals surface area contributed by atoms with Crippen molar-refractivity contribution in [2.75, 3.05) is 7.11 Å². The lowest BCUT2D eigenvalue weighted by Crippen LogP contribution is -2.03. The maximum Gasteiger partial charge on any atom is 0.218 e. The van der Waals surface area contributed by atoms with Crippen molar-refractivity contribution in [2.45, 2.75) is 6.92 Å². The molecule has 5 heteroatoms. The first-order valence-electron chi connectivity index (χ1n) is 5.06. The van der Waals surface area contributed by atoms with E-state index in [1.807, 2.05) is 24.3 Å².